The highest BCUT2D eigenvalue weighted by Gasteiger charge is 2.20. The van der Waals surface area contributed by atoms with Gasteiger partial charge in [-0.3, -0.25) is 0 Å². The van der Waals surface area contributed by atoms with Crippen LogP contribution in [0.3, 0.4) is 0 Å². The molecule has 11 aromatic rings. The molecule has 0 bridgehead atoms. The van der Waals surface area contributed by atoms with Gasteiger partial charge in [-0.1, -0.05) is 164 Å². The Labute approximate surface area is 334 Å². The molecule has 0 unspecified atom stereocenters. The van der Waals surface area contributed by atoms with E-state index >= 15 is 0 Å². The fourth-order valence-corrected chi connectivity index (χ4v) is 9.35. The van der Waals surface area contributed by atoms with Gasteiger partial charge in [0, 0.05) is 36.9 Å². The van der Waals surface area contributed by atoms with Crippen LogP contribution in [0, 0.1) is 0 Å². The maximum Gasteiger partial charge on any atom is 0.165 e. The number of hydrogen-bond donors (Lipinski definition) is 0. The smallest absolute Gasteiger partial charge is 0.165 e. The summed E-state index contributed by atoms with van der Waals surface area (Å²) >= 11 is 1.80. The molecule has 3 nitrogen and oxygen atoms in total. The first-order valence-corrected chi connectivity index (χ1v) is 20.0. The van der Waals surface area contributed by atoms with Gasteiger partial charge in [0.1, 0.15) is 0 Å². The van der Waals surface area contributed by atoms with Crippen LogP contribution in [0.4, 0.5) is 0 Å². The standard InChI is InChI=1S/C53H33N3S/c1-4-14-34(15-5-1)37-24-25-39-31-41(27-26-38(39)30-37)51-54-52(42-32-40-20-10-11-21-43(40)47(33-42)36-18-8-3-9-19-36)56-53(55-51)46-29-28-44(35-16-6-2-7-17-35)49-45-22-12-13-23-48(45)57-50(46)49/h1-33H. The number of aromatic nitrogens is 3. The molecule has 0 amide bonds. The second kappa shape index (κ2) is 13.8. The molecule has 0 saturated carbocycles. The van der Waals surface area contributed by atoms with Gasteiger partial charge >= 0.3 is 0 Å². The molecule has 57 heavy (non-hydrogen) atoms. The van der Waals surface area contributed by atoms with Crippen LogP contribution in [-0.2, 0) is 0 Å². The van der Waals surface area contributed by atoms with Gasteiger partial charge in [0.05, 0.1) is 0 Å². The van der Waals surface area contributed by atoms with E-state index in [-0.39, 0.29) is 0 Å². The minimum Gasteiger partial charge on any atom is -0.208 e. The van der Waals surface area contributed by atoms with Gasteiger partial charge in [0.15, 0.2) is 17.5 Å². The van der Waals surface area contributed by atoms with Crippen molar-refractivity contribution in [3.05, 3.63) is 200 Å². The molecule has 0 aliphatic heterocycles. The third-order valence-corrected chi connectivity index (χ3v) is 12.1. The van der Waals surface area contributed by atoms with Crippen LogP contribution in [-0.4, -0.2) is 15.0 Å². The minimum absolute atomic E-state index is 0.638. The first-order valence-electron chi connectivity index (χ1n) is 19.2. The number of thiophene rings is 1. The van der Waals surface area contributed by atoms with Crippen LogP contribution < -0.4 is 0 Å². The summed E-state index contributed by atoms with van der Waals surface area (Å²) in [5, 5.41) is 7.08. The van der Waals surface area contributed by atoms with Crippen molar-refractivity contribution in [2.75, 3.05) is 0 Å². The molecule has 0 aliphatic carbocycles. The highest BCUT2D eigenvalue weighted by molar-refractivity contribution is 7.26. The lowest BCUT2D eigenvalue weighted by Crippen LogP contribution is -2.01. The zero-order valence-electron chi connectivity index (χ0n) is 30.8. The van der Waals surface area contributed by atoms with Crippen molar-refractivity contribution in [2.24, 2.45) is 0 Å². The summed E-state index contributed by atoms with van der Waals surface area (Å²) in [4.78, 5) is 16.0. The Bertz CT molecular complexity index is 3280. The van der Waals surface area contributed by atoms with Gasteiger partial charge in [-0.2, -0.15) is 0 Å². The summed E-state index contributed by atoms with van der Waals surface area (Å²) in [7, 11) is 0. The van der Waals surface area contributed by atoms with Crippen molar-refractivity contribution in [1.29, 1.82) is 0 Å². The maximum atomic E-state index is 5.36. The van der Waals surface area contributed by atoms with Gasteiger partial charge in [0.25, 0.3) is 0 Å². The van der Waals surface area contributed by atoms with Crippen molar-refractivity contribution < 1.29 is 0 Å². The molecular weight excluding hydrogens is 711 g/mol. The Hall–Kier alpha value is -7.27. The predicted molar refractivity (Wildman–Crippen MR) is 240 cm³/mol. The topological polar surface area (TPSA) is 38.7 Å². The average Bonchev–Trinajstić information content (AvgIpc) is 3.68. The number of nitrogens with zero attached hydrogens (tertiary/aromatic N) is 3. The molecule has 9 aromatic carbocycles. The van der Waals surface area contributed by atoms with Gasteiger partial charge < -0.3 is 0 Å². The molecule has 0 aliphatic rings. The molecule has 2 aromatic heterocycles. The molecule has 0 saturated heterocycles. The van der Waals surface area contributed by atoms with E-state index in [9.17, 15) is 0 Å². The Morgan fingerprint density at radius 2 is 0.825 bits per heavy atom. The Morgan fingerprint density at radius 3 is 1.56 bits per heavy atom. The van der Waals surface area contributed by atoms with Crippen molar-refractivity contribution in [2.45, 2.75) is 0 Å². The summed E-state index contributed by atoms with van der Waals surface area (Å²) in [6, 6.07) is 71.0. The van der Waals surface area contributed by atoms with Crippen LogP contribution in [0.15, 0.2) is 200 Å². The second-order valence-corrected chi connectivity index (χ2v) is 15.4. The highest BCUT2D eigenvalue weighted by Crippen LogP contribution is 2.45. The summed E-state index contributed by atoms with van der Waals surface area (Å²) in [5.41, 5.74) is 9.95. The van der Waals surface area contributed by atoms with Crippen LogP contribution in [0.2, 0.25) is 0 Å². The van der Waals surface area contributed by atoms with Gasteiger partial charge in [-0.25, -0.2) is 15.0 Å². The third-order valence-electron chi connectivity index (χ3n) is 10.9. The van der Waals surface area contributed by atoms with Gasteiger partial charge in [-0.15, -0.1) is 11.3 Å². The van der Waals surface area contributed by atoms with E-state index in [0.29, 0.717) is 17.5 Å². The van der Waals surface area contributed by atoms with Crippen molar-refractivity contribution in [3.63, 3.8) is 0 Å². The van der Waals surface area contributed by atoms with Crippen molar-refractivity contribution >= 4 is 53.1 Å². The fourth-order valence-electron chi connectivity index (χ4n) is 8.11. The quantitative estimate of drug-likeness (QED) is 0.170. The summed E-state index contributed by atoms with van der Waals surface area (Å²) < 4.78 is 2.40. The summed E-state index contributed by atoms with van der Waals surface area (Å²) in [6.45, 7) is 0. The number of rotatable bonds is 6. The maximum absolute atomic E-state index is 5.36. The third kappa shape index (κ3) is 5.95. The number of benzene rings is 9. The van der Waals surface area contributed by atoms with Gasteiger partial charge in [0.2, 0.25) is 0 Å². The highest BCUT2D eigenvalue weighted by atomic mass is 32.1. The first kappa shape index (κ1) is 33.1. The minimum atomic E-state index is 0.638. The van der Waals surface area contributed by atoms with Gasteiger partial charge in [-0.05, 0) is 91.3 Å². The van der Waals surface area contributed by atoms with Crippen LogP contribution in [0.1, 0.15) is 0 Å². The average molecular weight is 744 g/mol. The zero-order chi connectivity index (χ0) is 37.7. The molecule has 0 spiro atoms. The summed E-state index contributed by atoms with van der Waals surface area (Å²) in [6.07, 6.45) is 0. The molecule has 266 valence electrons. The Kier molecular flexibility index (Phi) is 8.01. The van der Waals surface area contributed by atoms with E-state index in [1.54, 1.807) is 11.3 Å². The van der Waals surface area contributed by atoms with Crippen molar-refractivity contribution in [1.82, 2.24) is 15.0 Å². The van der Waals surface area contributed by atoms with Crippen molar-refractivity contribution in [3.8, 4) is 67.5 Å². The molecule has 0 fully saturated rings. The normalized spacial score (nSPS) is 11.5. The van der Waals surface area contributed by atoms with Crippen LogP contribution in [0.5, 0.6) is 0 Å². The lowest BCUT2D eigenvalue weighted by atomic mass is 9.95. The van der Waals surface area contributed by atoms with E-state index in [2.05, 4.69) is 200 Å². The zero-order valence-corrected chi connectivity index (χ0v) is 31.6. The molecule has 11 rings (SSSR count). The SMILES string of the molecule is c1ccc(-c2ccc3cc(-c4nc(-c5cc(-c6ccccc6)c6ccccc6c5)nc(-c5ccc(-c6ccccc6)c6c5sc5ccccc56)n4)ccc3c2)cc1. The molecule has 2 heterocycles. The largest absolute Gasteiger partial charge is 0.208 e. The molecule has 0 atom stereocenters. The Balaban J connectivity index is 1.15. The lowest BCUT2D eigenvalue weighted by Gasteiger charge is -2.13. The lowest BCUT2D eigenvalue weighted by molar-refractivity contribution is 1.08. The molecule has 4 heteroatoms. The fraction of sp³-hybridized carbons (Fsp3) is 0. The molecular formula is C53H33N3S. The van der Waals surface area contributed by atoms with E-state index in [4.69, 9.17) is 15.0 Å². The number of fused-ring (bicyclic) bond motifs is 5. The van der Waals surface area contributed by atoms with E-state index < -0.39 is 0 Å². The van der Waals surface area contributed by atoms with Crippen LogP contribution >= 0.6 is 11.3 Å². The molecule has 0 N–H and O–H groups in total. The number of hydrogen-bond acceptors (Lipinski definition) is 4. The van der Waals surface area contributed by atoms with E-state index in [1.807, 2.05) is 0 Å². The second-order valence-electron chi connectivity index (χ2n) is 14.4. The first-order chi connectivity index (χ1) is 28.2. The van der Waals surface area contributed by atoms with Crippen LogP contribution in [0.25, 0.3) is 109 Å². The molecule has 0 radical (unpaired) electrons. The monoisotopic (exact) mass is 743 g/mol. The summed E-state index contributed by atoms with van der Waals surface area (Å²) in [5.74, 6) is 1.93. The predicted octanol–water partition coefficient (Wildman–Crippen LogP) is 14.5. The Morgan fingerprint density at radius 1 is 0.298 bits per heavy atom. The van der Waals surface area contributed by atoms with E-state index in [0.717, 1.165) is 43.3 Å². The van der Waals surface area contributed by atoms with E-state index in [1.165, 1.54) is 48.5 Å².